The molecule has 2 rings (SSSR count). The molecule has 0 aromatic rings. The van der Waals surface area contributed by atoms with E-state index >= 15 is 0 Å². The van der Waals surface area contributed by atoms with Gasteiger partial charge in [-0.2, -0.15) is 0 Å². The van der Waals surface area contributed by atoms with Crippen LogP contribution in [-0.4, -0.2) is 104 Å². The van der Waals surface area contributed by atoms with E-state index in [0.717, 1.165) is 0 Å². The highest BCUT2D eigenvalue weighted by Gasteiger charge is 2.49. The van der Waals surface area contributed by atoms with Gasteiger partial charge in [-0.3, -0.25) is 0 Å². The van der Waals surface area contributed by atoms with E-state index < -0.39 is 68.0 Å². The summed E-state index contributed by atoms with van der Waals surface area (Å²) in [6, 6.07) is 0. The fraction of sp³-hybridized carbons (Fsp3) is 1.00. The van der Waals surface area contributed by atoms with E-state index in [4.69, 9.17) is 19.3 Å². The summed E-state index contributed by atoms with van der Waals surface area (Å²) in [5.74, 6) is 0. The smallest absolute Gasteiger partial charge is 0.187 e. The van der Waals surface area contributed by atoms with Gasteiger partial charge in [0.05, 0.1) is 12.7 Å². The molecule has 10 nitrogen and oxygen atoms in total. The van der Waals surface area contributed by atoms with Crippen LogP contribution < -0.4 is 0 Å². The van der Waals surface area contributed by atoms with Crippen molar-refractivity contribution >= 4 is 0 Å². The minimum Gasteiger partial charge on any atom is -0.394 e. The highest BCUT2D eigenvalue weighted by molar-refractivity contribution is 4.92. The van der Waals surface area contributed by atoms with Gasteiger partial charge in [0.2, 0.25) is 0 Å². The molecule has 22 heavy (non-hydrogen) atoms. The molecule has 0 spiro atoms. The Balaban J connectivity index is 2.06. The molecule has 0 amide bonds. The largest absolute Gasteiger partial charge is 0.394 e. The molecule has 2 aliphatic heterocycles. The maximum absolute atomic E-state index is 9.93. The number of rotatable bonds is 3. The summed E-state index contributed by atoms with van der Waals surface area (Å²) in [5, 5.41) is 67.5. The van der Waals surface area contributed by atoms with Crippen LogP contribution in [0.1, 0.15) is 6.92 Å². The Morgan fingerprint density at radius 1 is 0.818 bits per heavy atom. The van der Waals surface area contributed by atoms with E-state index in [1.807, 2.05) is 0 Å². The SMILES string of the molecule is C[C@@H]1O[C@@H](O[C@H]2[C@H](O)[C@@H](O)[C@H](CO)O[C@@H]2O)[C@H](O)[C@H](O)[C@H]1O. The van der Waals surface area contributed by atoms with Gasteiger partial charge in [0, 0.05) is 0 Å². The molecule has 2 fully saturated rings. The second-order valence-corrected chi connectivity index (χ2v) is 5.51. The molecule has 130 valence electrons. The molecule has 0 aromatic heterocycles. The van der Waals surface area contributed by atoms with Crippen LogP contribution in [0.15, 0.2) is 0 Å². The molecule has 0 unspecified atom stereocenters. The molecule has 10 heteroatoms. The van der Waals surface area contributed by atoms with Gasteiger partial charge in [0.25, 0.3) is 0 Å². The fourth-order valence-corrected chi connectivity index (χ4v) is 2.50. The Bertz CT molecular complexity index is 368. The average Bonchev–Trinajstić information content (AvgIpc) is 2.49. The van der Waals surface area contributed by atoms with Crippen molar-refractivity contribution in [1.82, 2.24) is 0 Å². The number of aliphatic hydroxyl groups is 7. The van der Waals surface area contributed by atoms with Crippen molar-refractivity contribution in [3.8, 4) is 0 Å². The van der Waals surface area contributed by atoms with Gasteiger partial charge in [0.15, 0.2) is 12.6 Å². The second kappa shape index (κ2) is 7.01. The Morgan fingerprint density at radius 3 is 2.05 bits per heavy atom. The lowest BCUT2D eigenvalue weighted by atomic mass is 9.97. The molecule has 2 heterocycles. The molecule has 0 aromatic carbocycles. The van der Waals surface area contributed by atoms with Crippen LogP contribution in [0.25, 0.3) is 0 Å². The average molecular weight is 326 g/mol. The van der Waals surface area contributed by atoms with Gasteiger partial charge in [-0.15, -0.1) is 0 Å². The summed E-state index contributed by atoms with van der Waals surface area (Å²) in [6.07, 6.45) is -14.3. The summed E-state index contributed by atoms with van der Waals surface area (Å²) in [6.45, 7) is 0.823. The van der Waals surface area contributed by atoms with Crippen molar-refractivity contribution < 1.29 is 50.0 Å². The van der Waals surface area contributed by atoms with Crippen molar-refractivity contribution in [2.45, 2.75) is 68.3 Å². The normalized spacial score (nSPS) is 53.5. The lowest BCUT2D eigenvalue weighted by Crippen LogP contribution is -2.63. The van der Waals surface area contributed by atoms with Crippen LogP contribution in [0, 0.1) is 0 Å². The zero-order valence-electron chi connectivity index (χ0n) is 11.8. The maximum atomic E-state index is 9.93. The fourth-order valence-electron chi connectivity index (χ4n) is 2.50. The van der Waals surface area contributed by atoms with Gasteiger partial charge in [-0.1, -0.05) is 0 Å². The lowest BCUT2D eigenvalue weighted by Gasteiger charge is -2.44. The first-order chi connectivity index (χ1) is 10.3. The van der Waals surface area contributed by atoms with Gasteiger partial charge in [-0.05, 0) is 6.92 Å². The number of aliphatic hydroxyl groups excluding tert-OH is 7. The van der Waals surface area contributed by atoms with Crippen molar-refractivity contribution in [1.29, 1.82) is 0 Å². The summed E-state index contributed by atoms with van der Waals surface area (Å²) >= 11 is 0. The van der Waals surface area contributed by atoms with Crippen molar-refractivity contribution in [2.24, 2.45) is 0 Å². The monoisotopic (exact) mass is 326 g/mol. The summed E-state index contributed by atoms with van der Waals surface area (Å²) in [5.41, 5.74) is 0. The zero-order chi connectivity index (χ0) is 16.6. The predicted octanol–water partition coefficient (Wildman–Crippen LogP) is -4.37. The molecule has 0 bridgehead atoms. The van der Waals surface area contributed by atoms with Crippen LogP contribution in [0.2, 0.25) is 0 Å². The third-order valence-corrected chi connectivity index (χ3v) is 3.94. The number of hydrogen-bond donors (Lipinski definition) is 7. The maximum Gasteiger partial charge on any atom is 0.187 e. The minimum absolute atomic E-state index is 0.619. The van der Waals surface area contributed by atoms with Gasteiger partial charge in [-0.25, -0.2) is 0 Å². The number of hydrogen-bond acceptors (Lipinski definition) is 10. The summed E-state index contributed by atoms with van der Waals surface area (Å²) in [7, 11) is 0. The van der Waals surface area contributed by atoms with E-state index in [1.165, 1.54) is 6.92 Å². The Kier molecular flexibility index (Phi) is 5.72. The predicted molar refractivity (Wildman–Crippen MR) is 67.2 cm³/mol. The van der Waals surface area contributed by atoms with Crippen LogP contribution in [0.4, 0.5) is 0 Å². The molecular weight excluding hydrogens is 304 g/mol. The molecule has 0 saturated carbocycles. The van der Waals surface area contributed by atoms with Crippen molar-refractivity contribution in [2.75, 3.05) is 6.61 Å². The summed E-state index contributed by atoms with van der Waals surface area (Å²) < 4.78 is 15.3. The molecule has 0 aliphatic carbocycles. The van der Waals surface area contributed by atoms with E-state index in [0.29, 0.717) is 0 Å². The third-order valence-electron chi connectivity index (χ3n) is 3.94. The topological polar surface area (TPSA) is 169 Å². The highest BCUT2D eigenvalue weighted by Crippen LogP contribution is 2.28. The van der Waals surface area contributed by atoms with Crippen LogP contribution in [0.5, 0.6) is 0 Å². The molecule has 2 saturated heterocycles. The van der Waals surface area contributed by atoms with Gasteiger partial charge < -0.3 is 50.0 Å². The first kappa shape index (κ1) is 17.9. The van der Waals surface area contributed by atoms with Gasteiger partial charge >= 0.3 is 0 Å². The molecule has 7 N–H and O–H groups in total. The molecular formula is C12H22O10. The second-order valence-electron chi connectivity index (χ2n) is 5.51. The first-order valence-electron chi connectivity index (χ1n) is 6.93. The Hall–Kier alpha value is -0.400. The van der Waals surface area contributed by atoms with E-state index in [1.54, 1.807) is 0 Å². The third kappa shape index (κ3) is 3.26. The number of ether oxygens (including phenoxy) is 3. The quantitative estimate of drug-likeness (QED) is 0.269. The zero-order valence-corrected chi connectivity index (χ0v) is 11.8. The van der Waals surface area contributed by atoms with Crippen molar-refractivity contribution in [3.63, 3.8) is 0 Å². The molecule has 0 radical (unpaired) electrons. The van der Waals surface area contributed by atoms with Crippen LogP contribution in [-0.2, 0) is 14.2 Å². The van der Waals surface area contributed by atoms with Crippen LogP contribution in [0.3, 0.4) is 0 Å². The van der Waals surface area contributed by atoms with E-state index in [9.17, 15) is 30.6 Å². The Morgan fingerprint density at radius 2 is 1.45 bits per heavy atom. The Labute approximate surface area is 126 Å². The van der Waals surface area contributed by atoms with Crippen molar-refractivity contribution in [3.05, 3.63) is 0 Å². The summed E-state index contributed by atoms with van der Waals surface area (Å²) in [4.78, 5) is 0. The lowest BCUT2D eigenvalue weighted by molar-refractivity contribution is -0.358. The highest BCUT2D eigenvalue weighted by atomic mass is 16.7. The van der Waals surface area contributed by atoms with E-state index in [-0.39, 0.29) is 0 Å². The minimum atomic E-state index is -1.69. The first-order valence-corrected chi connectivity index (χ1v) is 6.93. The van der Waals surface area contributed by atoms with E-state index in [2.05, 4.69) is 0 Å². The van der Waals surface area contributed by atoms with Gasteiger partial charge in [0.1, 0.15) is 42.7 Å². The molecule has 10 atom stereocenters. The standard InChI is InChI=1S/C12H22O10/c1-3-5(14)7(16)9(18)12(20-3)22-10-8(17)6(15)4(2-13)21-11(10)19/h3-19H,2H2,1H3/t3-,4-,5-,6-,7+,8+,9+,10-,11-,12-/m0/s1. The molecule has 2 aliphatic rings. The van der Waals surface area contributed by atoms with Crippen LogP contribution >= 0.6 is 0 Å².